The zero-order chi connectivity index (χ0) is 13.2. The second-order valence-corrected chi connectivity index (χ2v) is 4.51. The number of aryl methyl sites for hydroxylation is 2. The van der Waals surface area contributed by atoms with Gasteiger partial charge in [-0.3, -0.25) is 9.55 Å². The maximum absolute atomic E-state index is 4.22. The third-order valence-electron chi connectivity index (χ3n) is 3.15. The van der Waals surface area contributed by atoms with Gasteiger partial charge in [0.2, 0.25) is 0 Å². The van der Waals surface area contributed by atoms with E-state index in [1.165, 1.54) is 11.1 Å². The zero-order valence-electron chi connectivity index (χ0n) is 10.9. The predicted octanol–water partition coefficient (Wildman–Crippen LogP) is 2.95. The van der Waals surface area contributed by atoms with Crippen molar-refractivity contribution in [2.75, 3.05) is 0 Å². The number of para-hydroxylation sites is 1. The Labute approximate surface area is 111 Å². The van der Waals surface area contributed by atoms with Crippen LogP contribution >= 0.6 is 0 Å². The Bertz CT molecular complexity index is 681. The fraction of sp³-hybridized carbons (Fsp3) is 0.133. The van der Waals surface area contributed by atoms with Gasteiger partial charge in [-0.2, -0.15) is 0 Å². The van der Waals surface area contributed by atoms with E-state index in [-0.39, 0.29) is 0 Å². The third-order valence-corrected chi connectivity index (χ3v) is 3.15. The van der Waals surface area contributed by atoms with Crippen molar-refractivity contribution in [2.24, 2.45) is 0 Å². The van der Waals surface area contributed by atoms with E-state index in [4.69, 9.17) is 0 Å². The van der Waals surface area contributed by atoms with Crippen molar-refractivity contribution in [3.63, 3.8) is 0 Å². The highest BCUT2D eigenvalue weighted by atomic mass is 15.3. The van der Waals surface area contributed by atoms with Crippen LogP contribution in [0.2, 0.25) is 0 Å². The largest absolute Gasteiger partial charge is 0.281 e. The van der Waals surface area contributed by atoms with Gasteiger partial charge in [0.1, 0.15) is 6.33 Å². The van der Waals surface area contributed by atoms with Crippen LogP contribution in [0.1, 0.15) is 11.1 Å². The lowest BCUT2D eigenvalue weighted by Crippen LogP contribution is -2.01. The molecule has 0 N–H and O–H groups in total. The van der Waals surface area contributed by atoms with Gasteiger partial charge < -0.3 is 0 Å². The van der Waals surface area contributed by atoms with Crippen LogP contribution in [-0.2, 0) is 0 Å². The molecule has 0 radical (unpaired) electrons. The summed E-state index contributed by atoms with van der Waals surface area (Å²) in [6.07, 6.45) is 5.30. The molecule has 0 unspecified atom stereocenters. The Morgan fingerprint density at radius 1 is 1.00 bits per heavy atom. The monoisotopic (exact) mass is 250 g/mol. The Balaban J connectivity index is 2.21. The highest BCUT2D eigenvalue weighted by Gasteiger charge is 2.12. The fourth-order valence-corrected chi connectivity index (χ4v) is 2.28. The lowest BCUT2D eigenvalue weighted by atomic mass is 10.1. The summed E-state index contributed by atoms with van der Waals surface area (Å²) >= 11 is 0. The van der Waals surface area contributed by atoms with E-state index in [1.807, 2.05) is 16.7 Å². The molecule has 94 valence electrons. The van der Waals surface area contributed by atoms with Crippen LogP contribution in [0.15, 0.2) is 49.1 Å². The zero-order valence-corrected chi connectivity index (χ0v) is 10.9. The Morgan fingerprint density at radius 3 is 2.47 bits per heavy atom. The Kier molecular flexibility index (Phi) is 2.83. The average molecular weight is 250 g/mol. The molecular formula is C15H14N4. The molecular weight excluding hydrogens is 236 g/mol. The van der Waals surface area contributed by atoms with Crippen molar-refractivity contribution in [3.8, 4) is 17.1 Å². The minimum atomic E-state index is 0.811. The van der Waals surface area contributed by atoms with Crippen molar-refractivity contribution in [1.29, 1.82) is 0 Å². The second kappa shape index (κ2) is 4.65. The summed E-state index contributed by atoms with van der Waals surface area (Å²) in [4.78, 5) is 4.14. The molecule has 0 spiro atoms. The van der Waals surface area contributed by atoms with Gasteiger partial charge in [0.25, 0.3) is 0 Å². The molecule has 3 aromatic rings. The lowest BCUT2D eigenvalue weighted by molar-refractivity contribution is 1.03. The molecule has 0 atom stereocenters. The maximum Gasteiger partial charge on any atom is 0.169 e. The second-order valence-electron chi connectivity index (χ2n) is 4.51. The first-order valence-electron chi connectivity index (χ1n) is 6.14. The molecule has 2 heterocycles. The molecule has 0 aliphatic rings. The van der Waals surface area contributed by atoms with E-state index in [1.54, 1.807) is 18.7 Å². The Morgan fingerprint density at radius 2 is 1.79 bits per heavy atom. The van der Waals surface area contributed by atoms with Gasteiger partial charge in [-0.05, 0) is 37.1 Å². The van der Waals surface area contributed by atoms with Gasteiger partial charge in [-0.15, -0.1) is 10.2 Å². The number of pyridine rings is 1. The van der Waals surface area contributed by atoms with E-state index < -0.39 is 0 Å². The average Bonchev–Trinajstić information content (AvgIpc) is 2.89. The summed E-state index contributed by atoms with van der Waals surface area (Å²) in [5, 5.41) is 8.26. The minimum Gasteiger partial charge on any atom is -0.281 e. The van der Waals surface area contributed by atoms with Gasteiger partial charge >= 0.3 is 0 Å². The van der Waals surface area contributed by atoms with Crippen LogP contribution in [0.5, 0.6) is 0 Å². The van der Waals surface area contributed by atoms with Crippen molar-refractivity contribution in [2.45, 2.75) is 13.8 Å². The summed E-state index contributed by atoms with van der Waals surface area (Å²) in [6, 6.07) is 10.1. The molecule has 0 fully saturated rings. The highest BCUT2D eigenvalue weighted by Crippen LogP contribution is 2.24. The molecule has 0 amide bonds. The molecule has 0 saturated heterocycles. The number of aromatic nitrogens is 4. The molecule has 0 bridgehead atoms. The molecule has 3 rings (SSSR count). The molecule has 1 aromatic carbocycles. The van der Waals surface area contributed by atoms with Crippen LogP contribution in [0, 0.1) is 13.8 Å². The molecule has 0 aliphatic carbocycles. The number of hydrogen-bond donors (Lipinski definition) is 0. The number of rotatable bonds is 2. The fourth-order valence-electron chi connectivity index (χ4n) is 2.28. The van der Waals surface area contributed by atoms with Crippen molar-refractivity contribution in [1.82, 2.24) is 19.7 Å². The van der Waals surface area contributed by atoms with Crippen LogP contribution in [-0.4, -0.2) is 19.7 Å². The molecule has 0 aliphatic heterocycles. The van der Waals surface area contributed by atoms with Gasteiger partial charge in [-0.25, -0.2) is 0 Å². The third kappa shape index (κ3) is 2.01. The molecule has 0 saturated carbocycles. The van der Waals surface area contributed by atoms with Crippen LogP contribution in [0.4, 0.5) is 0 Å². The summed E-state index contributed by atoms with van der Waals surface area (Å²) in [7, 11) is 0. The van der Waals surface area contributed by atoms with Crippen LogP contribution < -0.4 is 0 Å². The quantitative estimate of drug-likeness (QED) is 0.702. The van der Waals surface area contributed by atoms with Crippen molar-refractivity contribution < 1.29 is 0 Å². The van der Waals surface area contributed by atoms with Crippen molar-refractivity contribution in [3.05, 3.63) is 60.2 Å². The smallest absolute Gasteiger partial charge is 0.169 e. The van der Waals surface area contributed by atoms with Gasteiger partial charge in [0.15, 0.2) is 5.82 Å². The van der Waals surface area contributed by atoms with Gasteiger partial charge in [-0.1, -0.05) is 18.2 Å². The van der Waals surface area contributed by atoms with E-state index >= 15 is 0 Å². The molecule has 2 aromatic heterocycles. The van der Waals surface area contributed by atoms with E-state index in [9.17, 15) is 0 Å². The molecule has 4 heteroatoms. The van der Waals surface area contributed by atoms with Crippen LogP contribution in [0.25, 0.3) is 17.1 Å². The van der Waals surface area contributed by atoms with Gasteiger partial charge in [0.05, 0.1) is 5.69 Å². The molecule has 4 nitrogen and oxygen atoms in total. The summed E-state index contributed by atoms with van der Waals surface area (Å²) in [5.74, 6) is 0.811. The maximum atomic E-state index is 4.22. The Hall–Kier alpha value is -2.49. The number of nitrogens with zero attached hydrogens (tertiary/aromatic N) is 4. The normalized spacial score (nSPS) is 10.6. The SMILES string of the molecule is Cc1cccc(C)c1-n1cnnc1-c1cccnc1. The number of benzene rings is 1. The first-order valence-corrected chi connectivity index (χ1v) is 6.14. The lowest BCUT2D eigenvalue weighted by Gasteiger charge is -2.12. The van der Waals surface area contributed by atoms with Gasteiger partial charge in [0, 0.05) is 18.0 Å². The first-order chi connectivity index (χ1) is 9.27. The van der Waals surface area contributed by atoms with Crippen LogP contribution in [0.3, 0.4) is 0 Å². The first kappa shape index (κ1) is 11.6. The van der Waals surface area contributed by atoms with Crippen molar-refractivity contribution >= 4 is 0 Å². The number of hydrogen-bond acceptors (Lipinski definition) is 3. The highest BCUT2D eigenvalue weighted by molar-refractivity contribution is 5.59. The topological polar surface area (TPSA) is 43.6 Å². The molecule has 19 heavy (non-hydrogen) atoms. The predicted molar refractivity (Wildman–Crippen MR) is 74.1 cm³/mol. The standard InChI is InChI=1S/C15H14N4/c1-11-5-3-6-12(2)14(11)19-10-17-18-15(19)13-7-4-8-16-9-13/h3-10H,1-2H3. The summed E-state index contributed by atoms with van der Waals surface area (Å²) in [6.45, 7) is 4.19. The van der Waals surface area contributed by atoms with E-state index in [2.05, 4.69) is 47.2 Å². The summed E-state index contributed by atoms with van der Waals surface area (Å²) < 4.78 is 2.02. The summed E-state index contributed by atoms with van der Waals surface area (Å²) in [5.41, 5.74) is 4.49. The van der Waals surface area contributed by atoms with E-state index in [0.717, 1.165) is 17.1 Å². The van der Waals surface area contributed by atoms with E-state index in [0.29, 0.717) is 0 Å². The minimum absolute atomic E-state index is 0.811.